The van der Waals surface area contributed by atoms with Crippen LogP contribution in [0.2, 0.25) is 0 Å². The SMILES string of the molecule is O=S([O-])OS(=O)(=O)OS(=O)(=O)On1ccnc1. The smallest absolute Gasteiger partial charge is 0.484 e. The van der Waals surface area contributed by atoms with Gasteiger partial charge >= 0.3 is 20.8 Å². The molecular weight excluding hydrogens is 304 g/mol. The largest absolute Gasteiger partial charge is 0.749 e. The molecule has 98 valence electrons. The highest BCUT2D eigenvalue weighted by molar-refractivity contribution is 7.99. The van der Waals surface area contributed by atoms with Crippen LogP contribution in [0.4, 0.5) is 0 Å². The van der Waals surface area contributed by atoms with Crippen LogP contribution in [0.5, 0.6) is 0 Å². The number of rotatable bonds is 6. The summed E-state index contributed by atoms with van der Waals surface area (Å²) in [5.41, 5.74) is 0. The van der Waals surface area contributed by atoms with Crippen molar-refractivity contribution in [3.63, 3.8) is 0 Å². The molecule has 0 fully saturated rings. The van der Waals surface area contributed by atoms with Crippen molar-refractivity contribution in [1.82, 2.24) is 9.71 Å². The second kappa shape index (κ2) is 5.07. The van der Waals surface area contributed by atoms with Gasteiger partial charge in [0.25, 0.3) is 0 Å². The van der Waals surface area contributed by atoms with E-state index in [2.05, 4.69) is 16.5 Å². The Morgan fingerprint density at radius 1 is 1.24 bits per heavy atom. The fourth-order valence-corrected chi connectivity index (χ4v) is 2.64. The molecule has 1 rings (SSSR count). The topological polar surface area (TPSA) is 154 Å². The minimum absolute atomic E-state index is 0.499. The Labute approximate surface area is 98.0 Å². The molecule has 14 heteroatoms. The van der Waals surface area contributed by atoms with Crippen molar-refractivity contribution in [2.45, 2.75) is 0 Å². The average Bonchev–Trinajstić information content (AvgIpc) is 2.49. The van der Waals surface area contributed by atoms with Crippen molar-refractivity contribution >= 4 is 32.2 Å². The maximum absolute atomic E-state index is 10.9. The molecule has 1 aromatic rings. The van der Waals surface area contributed by atoms with E-state index in [0.717, 1.165) is 18.7 Å². The third-order valence-corrected chi connectivity index (χ3v) is 3.76. The first-order valence-corrected chi connectivity index (χ1v) is 7.05. The van der Waals surface area contributed by atoms with Crippen molar-refractivity contribution in [3.05, 3.63) is 18.7 Å². The summed E-state index contributed by atoms with van der Waals surface area (Å²) >= 11 is -3.51. The Balaban J connectivity index is 2.77. The fraction of sp³-hybridized carbons (Fsp3) is 0. The Morgan fingerprint density at radius 2 is 1.88 bits per heavy atom. The molecule has 0 saturated heterocycles. The van der Waals surface area contributed by atoms with Crippen molar-refractivity contribution < 1.29 is 37.1 Å². The van der Waals surface area contributed by atoms with Crippen LogP contribution in [-0.4, -0.2) is 35.3 Å². The molecule has 0 aliphatic heterocycles. The van der Waals surface area contributed by atoms with Crippen LogP contribution < -0.4 is 4.28 Å². The molecule has 0 amide bonds. The van der Waals surface area contributed by atoms with Gasteiger partial charge in [-0.2, -0.15) is 25.2 Å². The summed E-state index contributed by atoms with van der Waals surface area (Å²) in [5, 5.41) is 0. The maximum Gasteiger partial charge on any atom is 0.484 e. The summed E-state index contributed by atoms with van der Waals surface area (Å²) in [6, 6.07) is 0. The van der Waals surface area contributed by atoms with E-state index in [-0.39, 0.29) is 0 Å². The van der Waals surface area contributed by atoms with E-state index >= 15 is 0 Å². The van der Waals surface area contributed by atoms with E-state index in [1.165, 1.54) is 0 Å². The second-order valence-electron chi connectivity index (χ2n) is 2.15. The first-order valence-electron chi connectivity index (χ1n) is 3.38. The van der Waals surface area contributed by atoms with E-state index < -0.39 is 32.2 Å². The number of hydrogen-bond donors (Lipinski definition) is 0. The lowest BCUT2D eigenvalue weighted by Gasteiger charge is -2.07. The standard InChI is InChI=1S/C3H4N2O9S3/c6-15(7)13-17(10,11)14-16(8,9)12-5-2-1-4-3-5/h1-3H,(H,6,7)/p-1. The third-order valence-electron chi connectivity index (χ3n) is 0.963. The summed E-state index contributed by atoms with van der Waals surface area (Å²) in [4.78, 5) is 3.39. The zero-order valence-electron chi connectivity index (χ0n) is 7.53. The molecule has 0 radical (unpaired) electrons. The number of imidazole rings is 1. The summed E-state index contributed by atoms with van der Waals surface area (Å²) in [6.45, 7) is 0. The van der Waals surface area contributed by atoms with E-state index in [0.29, 0.717) is 4.73 Å². The van der Waals surface area contributed by atoms with Crippen LogP contribution in [-0.2, 0) is 39.4 Å². The monoisotopic (exact) mass is 307 g/mol. The van der Waals surface area contributed by atoms with Gasteiger partial charge in [-0.3, -0.25) is 4.28 Å². The van der Waals surface area contributed by atoms with Crippen LogP contribution >= 0.6 is 0 Å². The summed E-state index contributed by atoms with van der Waals surface area (Å²) in [5.74, 6) is 0. The molecule has 0 aromatic carbocycles. The highest BCUT2D eigenvalue weighted by Crippen LogP contribution is 2.04. The van der Waals surface area contributed by atoms with Crippen molar-refractivity contribution in [2.24, 2.45) is 0 Å². The van der Waals surface area contributed by atoms with Crippen LogP contribution in [0.3, 0.4) is 0 Å². The molecule has 1 atom stereocenters. The van der Waals surface area contributed by atoms with Crippen molar-refractivity contribution in [1.29, 1.82) is 0 Å². The second-order valence-corrected chi connectivity index (χ2v) is 5.43. The lowest BCUT2D eigenvalue weighted by atomic mass is 11.0. The molecule has 0 aliphatic rings. The highest BCUT2D eigenvalue weighted by atomic mass is 32.3. The summed E-state index contributed by atoms with van der Waals surface area (Å²) < 4.78 is 74.0. The quantitative estimate of drug-likeness (QED) is 0.520. The molecule has 1 unspecified atom stereocenters. The van der Waals surface area contributed by atoms with Crippen LogP contribution in [0.1, 0.15) is 0 Å². The van der Waals surface area contributed by atoms with Crippen molar-refractivity contribution in [3.8, 4) is 0 Å². The van der Waals surface area contributed by atoms with Gasteiger partial charge in [0, 0.05) is 6.20 Å². The Morgan fingerprint density at radius 3 is 2.35 bits per heavy atom. The normalized spacial score (nSPS) is 14.4. The Bertz CT molecular complexity index is 585. The predicted molar refractivity (Wildman–Crippen MR) is 47.7 cm³/mol. The average molecular weight is 307 g/mol. The lowest BCUT2D eigenvalue weighted by molar-refractivity contribution is 0.239. The third kappa shape index (κ3) is 5.20. The number of hydrogen-bond acceptors (Lipinski definition) is 10. The highest BCUT2D eigenvalue weighted by Gasteiger charge is 2.27. The van der Waals surface area contributed by atoms with Gasteiger partial charge in [-0.25, -0.2) is 9.19 Å². The van der Waals surface area contributed by atoms with E-state index in [9.17, 15) is 25.6 Å². The minimum Gasteiger partial charge on any atom is -0.749 e. The zero-order chi connectivity index (χ0) is 13.1. The fourth-order valence-electron chi connectivity index (χ4n) is 0.590. The van der Waals surface area contributed by atoms with Crippen molar-refractivity contribution in [2.75, 3.05) is 0 Å². The lowest BCUT2D eigenvalue weighted by Crippen LogP contribution is -2.25. The van der Waals surface area contributed by atoms with E-state index in [4.69, 9.17) is 0 Å². The molecule has 11 nitrogen and oxygen atoms in total. The Kier molecular flexibility index (Phi) is 4.17. The first kappa shape index (κ1) is 14.0. The predicted octanol–water partition coefficient (Wildman–Crippen LogP) is -2.37. The maximum atomic E-state index is 10.9. The molecule has 1 aromatic heterocycles. The number of aromatic nitrogens is 2. The van der Waals surface area contributed by atoms with Gasteiger partial charge in [0.05, 0.1) is 6.20 Å². The summed E-state index contributed by atoms with van der Waals surface area (Å²) in [6.07, 6.45) is 3.02. The van der Waals surface area contributed by atoms with Gasteiger partial charge in [0.1, 0.15) is 17.7 Å². The van der Waals surface area contributed by atoms with Crippen LogP contribution in [0.15, 0.2) is 18.7 Å². The molecule has 0 bridgehead atoms. The molecule has 0 saturated carbocycles. The molecular formula is C3H3N2O9S3-. The van der Waals surface area contributed by atoms with Crippen LogP contribution in [0, 0.1) is 0 Å². The molecule has 0 spiro atoms. The van der Waals surface area contributed by atoms with Gasteiger partial charge in [-0.05, 0) is 0 Å². The van der Waals surface area contributed by atoms with E-state index in [1.54, 1.807) is 0 Å². The van der Waals surface area contributed by atoms with Gasteiger partial charge in [0.15, 0.2) is 0 Å². The minimum atomic E-state index is -5.30. The molecule has 1 heterocycles. The van der Waals surface area contributed by atoms with Gasteiger partial charge in [0.2, 0.25) is 0 Å². The van der Waals surface area contributed by atoms with Gasteiger partial charge < -0.3 is 4.55 Å². The first-order chi connectivity index (χ1) is 7.70. The molecule has 0 N–H and O–H groups in total. The molecule has 17 heavy (non-hydrogen) atoms. The van der Waals surface area contributed by atoms with Gasteiger partial charge in [-0.15, -0.1) is 0 Å². The molecule has 0 aliphatic carbocycles. The van der Waals surface area contributed by atoms with Gasteiger partial charge in [-0.1, -0.05) is 3.63 Å². The summed E-state index contributed by atoms with van der Waals surface area (Å²) in [7, 11) is -10.4. The Hall–Kier alpha value is -1.06. The zero-order valence-corrected chi connectivity index (χ0v) is 9.97. The van der Waals surface area contributed by atoms with Crippen LogP contribution in [0.25, 0.3) is 0 Å². The number of nitrogens with zero attached hydrogens (tertiary/aromatic N) is 2. The van der Waals surface area contributed by atoms with E-state index in [1.807, 2.05) is 0 Å².